The van der Waals surface area contributed by atoms with Crippen LogP contribution < -0.4 is 9.47 Å². The van der Waals surface area contributed by atoms with E-state index in [1.807, 2.05) is 28.0 Å². The number of benzene rings is 1. The first-order chi connectivity index (χ1) is 17.4. The van der Waals surface area contributed by atoms with Crippen molar-refractivity contribution in [3.05, 3.63) is 35.9 Å². The fraction of sp³-hybridized carbons (Fsp3) is 0.593. The largest absolute Gasteiger partial charge is 0.478 e. The molecule has 36 heavy (non-hydrogen) atoms. The Morgan fingerprint density at radius 1 is 1.11 bits per heavy atom. The number of carbonyl (C=O) groups is 3. The Hall–Kier alpha value is -3.07. The zero-order chi connectivity index (χ0) is 26.1. The molecule has 1 amide bonds. The van der Waals surface area contributed by atoms with Gasteiger partial charge in [0.2, 0.25) is 12.7 Å². The normalized spacial score (nSPS) is 21.1. The highest BCUT2D eigenvalue weighted by molar-refractivity contribution is 5.82. The van der Waals surface area contributed by atoms with Crippen LogP contribution in [0.3, 0.4) is 0 Å². The number of ether oxygens (including phenoxy) is 3. The minimum atomic E-state index is -1.11. The number of fused-ring (bicyclic) bond motifs is 1. The molecule has 1 aromatic rings. The first-order valence-electron chi connectivity index (χ1n) is 12.9. The molecule has 0 bridgehead atoms. The maximum Gasteiger partial charge on any atom is 0.328 e. The number of rotatable bonds is 13. The Balaban J connectivity index is 1.93. The zero-order valence-corrected chi connectivity index (χ0v) is 21.5. The molecular weight excluding hydrogens is 464 g/mol. The molecule has 198 valence electrons. The lowest BCUT2D eigenvalue weighted by molar-refractivity contribution is -0.149. The summed E-state index contributed by atoms with van der Waals surface area (Å²) in [5.41, 5.74) is 0.856. The number of carboxylic acids is 1. The van der Waals surface area contributed by atoms with E-state index in [-0.39, 0.29) is 31.8 Å². The van der Waals surface area contributed by atoms with Gasteiger partial charge in [-0.1, -0.05) is 38.8 Å². The van der Waals surface area contributed by atoms with Crippen LogP contribution in [0.15, 0.2) is 30.4 Å². The van der Waals surface area contributed by atoms with Gasteiger partial charge in [-0.2, -0.15) is 0 Å². The molecule has 1 aromatic carbocycles. The summed E-state index contributed by atoms with van der Waals surface area (Å²) in [6.45, 7) is 8.14. The molecule has 0 aliphatic carbocycles. The predicted molar refractivity (Wildman–Crippen MR) is 134 cm³/mol. The molecule has 0 unspecified atom stereocenters. The quantitative estimate of drug-likeness (QED) is 0.323. The summed E-state index contributed by atoms with van der Waals surface area (Å²) in [6, 6.07) is 4.96. The van der Waals surface area contributed by atoms with Crippen LogP contribution in [0.25, 0.3) is 0 Å². The SMILES string of the molecule is CCCCN(CCCC)C(=O)CN1C[C@H](c2ccc3c(c2)OCO3)[C@H](C(=O)OCC)[C@H]1C=CC(=O)O. The topological polar surface area (TPSA) is 106 Å². The van der Waals surface area contributed by atoms with Gasteiger partial charge in [0.1, 0.15) is 0 Å². The molecule has 9 nitrogen and oxygen atoms in total. The van der Waals surface area contributed by atoms with Gasteiger partial charge in [-0.15, -0.1) is 0 Å². The highest BCUT2D eigenvalue weighted by atomic mass is 16.7. The van der Waals surface area contributed by atoms with E-state index < -0.39 is 23.9 Å². The smallest absolute Gasteiger partial charge is 0.328 e. The standard InChI is InChI=1S/C27H38N2O7/c1-4-7-13-28(14-8-5-2)24(30)17-29-16-20(19-9-11-22-23(15-19)36-18-35-22)26(27(33)34-6-3)21(29)10-12-25(31)32/h9-12,15,20-21,26H,4-8,13-14,16-18H2,1-3H3,(H,31,32)/t20-,21-,26+/m1/s1. The summed E-state index contributed by atoms with van der Waals surface area (Å²) in [5.74, 6) is -1.27. The van der Waals surface area contributed by atoms with Crippen LogP contribution in [-0.2, 0) is 19.1 Å². The van der Waals surface area contributed by atoms with Crippen LogP contribution in [0.2, 0.25) is 0 Å². The van der Waals surface area contributed by atoms with Gasteiger partial charge in [-0.25, -0.2) is 4.79 Å². The molecule has 0 radical (unpaired) electrons. The summed E-state index contributed by atoms with van der Waals surface area (Å²) in [6.07, 6.45) is 6.36. The fourth-order valence-corrected chi connectivity index (χ4v) is 4.88. The lowest BCUT2D eigenvalue weighted by Gasteiger charge is -2.28. The molecule has 9 heteroatoms. The first-order valence-corrected chi connectivity index (χ1v) is 12.9. The molecule has 1 saturated heterocycles. The second-order valence-corrected chi connectivity index (χ2v) is 9.20. The average Bonchev–Trinajstić information content (AvgIpc) is 3.46. The molecule has 1 fully saturated rings. The van der Waals surface area contributed by atoms with Crippen LogP contribution in [-0.4, -0.2) is 78.4 Å². The van der Waals surface area contributed by atoms with Crippen LogP contribution in [0.5, 0.6) is 11.5 Å². The van der Waals surface area contributed by atoms with Crippen molar-refractivity contribution in [3.8, 4) is 11.5 Å². The maximum atomic E-state index is 13.4. The number of esters is 1. The van der Waals surface area contributed by atoms with Crippen LogP contribution in [0.4, 0.5) is 0 Å². The Labute approximate surface area is 213 Å². The van der Waals surface area contributed by atoms with E-state index in [4.69, 9.17) is 14.2 Å². The van der Waals surface area contributed by atoms with Gasteiger partial charge >= 0.3 is 11.9 Å². The lowest BCUT2D eigenvalue weighted by Crippen LogP contribution is -2.44. The second-order valence-electron chi connectivity index (χ2n) is 9.20. The van der Waals surface area contributed by atoms with Crippen molar-refractivity contribution in [1.29, 1.82) is 0 Å². The van der Waals surface area contributed by atoms with Crippen molar-refractivity contribution < 1.29 is 33.7 Å². The van der Waals surface area contributed by atoms with E-state index in [0.717, 1.165) is 37.3 Å². The number of hydrogen-bond donors (Lipinski definition) is 1. The van der Waals surface area contributed by atoms with Gasteiger partial charge < -0.3 is 24.2 Å². The number of likely N-dealkylation sites (tertiary alicyclic amines) is 1. The summed E-state index contributed by atoms with van der Waals surface area (Å²) < 4.78 is 16.4. The molecular formula is C27H38N2O7. The summed E-state index contributed by atoms with van der Waals surface area (Å²) in [5, 5.41) is 9.31. The first kappa shape index (κ1) is 27.5. The molecule has 0 spiro atoms. The van der Waals surface area contributed by atoms with E-state index in [2.05, 4.69) is 13.8 Å². The fourth-order valence-electron chi connectivity index (χ4n) is 4.88. The summed E-state index contributed by atoms with van der Waals surface area (Å²) in [4.78, 5) is 41.7. The zero-order valence-electron chi connectivity index (χ0n) is 21.5. The molecule has 2 aliphatic rings. The number of aliphatic carboxylic acids is 1. The highest BCUT2D eigenvalue weighted by Crippen LogP contribution is 2.42. The van der Waals surface area contributed by atoms with E-state index in [1.165, 1.54) is 6.08 Å². The maximum absolute atomic E-state index is 13.4. The second kappa shape index (κ2) is 13.3. The molecule has 1 N–H and O–H groups in total. The Morgan fingerprint density at radius 2 is 1.81 bits per heavy atom. The van der Waals surface area contributed by atoms with Crippen molar-refractivity contribution in [1.82, 2.24) is 9.80 Å². The van der Waals surface area contributed by atoms with Crippen molar-refractivity contribution in [3.63, 3.8) is 0 Å². The Morgan fingerprint density at radius 3 is 2.44 bits per heavy atom. The minimum Gasteiger partial charge on any atom is -0.478 e. The minimum absolute atomic E-state index is 0.0143. The van der Waals surface area contributed by atoms with E-state index in [9.17, 15) is 19.5 Å². The van der Waals surface area contributed by atoms with Crippen molar-refractivity contribution >= 4 is 17.8 Å². The number of carboxylic acid groups (broad SMARTS) is 1. The number of nitrogens with zero attached hydrogens (tertiary/aromatic N) is 2. The van der Waals surface area contributed by atoms with E-state index in [0.29, 0.717) is 31.1 Å². The van der Waals surface area contributed by atoms with Crippen LogP contribution in [0, 0.1) is 5.92 Å². The van der Waals surface area contributed by atoms with Crippen molar-refractivity contribution in [2.75, 3.05) is 39.6 Å². The number of amides is 1. The molecule has 3 rings (SSSR count). The third kappa shape index (κ3) is 6.78. The van der Waals surface area contributed by atoms with Gasteiger partial charge in [0, 0.05) is 37.7 Å². The monoisotopic (exact) mass is 502 g/mol. The van der Waals surface area contributed by atoms with E-state index >= 15 is 0 Å². The molecule has 0 aromatic heterocycles. The van der Waals surface area contributed by atoms with E-state index in [1.54, 1.807) is 6.92 Å². The number of unbranched alkanes of at least 4 members (excludes halogenated alkanes) is 2. The third-order valence-corrected chi connectivity index (χ3v) is 6.73. The highest BCUT2D eigenvalue weighted by Gasteiger charge is 2.47. The van der Waals surface area contributed by atoms with Gasteiger partial charge in [-0.3, -0.25) is 14.5 Å². The predicted octanol–water partition coefficient (Wildman–Crippen LogP) is 3.43. The Kier molecular flexibility index (Phi) is 10.2. The molecule has 3 atom stereocenters. The molecule has 2 heterocycles. The van der Waals surface area contributed by atoms with Crippen molar-refractivity contribution in [2.45, 2.75) is 58.4 Å². The molecule has 2 aliphatic heterocycles. The third-order valence-electron chi connectivity index (χ3n) is 6.73. The van der Waals surface area contributed by atoms with Gasteiger partial charge in [0.05, 0.1) is 19.1 Å². The van der Waals surface area contributed by atoms with Gasteiger partial charge in [0.25, 0.3) is 0 Å². The van der Waals surface area contributed by atoms with Gasteiger partial charge in [-0.05, 0) is 37.5 Å². The van der Waals surface area contributed by atoms with Gasteiger partial charge in [0.15, 0.2) is 11.5 Å². The summed E-state index contributed by atoms with van der Waals surface area (Å²) in [7, 11) is 0. The Bertz CT molecular complexity index is 940. The number of hydrogen-bond acceptors (Lipinski definition) is 7. The average molecular weight is 503 g/mol. The number of carbonyl (C=O) groups excluding carboxylic acids is 2. The van der Waals surface area contributed by atoms with Crippen LogP contribution >= 0.6 is 0 Å². The molecule has 0 saturated carbocycles. The lowest BCUT2D eigenvalue weighted by atomic mass is 9.85. The van der Waals surface area contributed by atoms with Crippen molar-refractivity contribution in [2.24, 2.45) is 5.92 Å². The summed E-state index contributed by atoms with van der Waals surface area (Å²) >= 11 is 0. The van der Waals surface area contributed by atoms with Crippen LogP contribution in [0.1, 0.15) is 57.9 Å².